The maximum Gasteiger partial charge on any atom is 0.282 e. The average molecular weight is 396 g/mol. The van der Waals surface area contributed by atoms with Crippen LogP contribution in [0.5, 0.6) is 0 Å². The Balaban J connectivity index is 1.75. The van der Waals surface area contributed by atoms with Crippen molar-refractivity contribution in [3.63, 3.8) is 0 Å². The topological polar surface area (TPSA) is 65.3 Å². The summed E-state index contributed by atoms with van der Waals surface area (Å²) in [5, 5.41) is 5.99. The zero-order chi connectivity index (χ0) is 20.8. The highest BCUT2D eigenvalue weighted by atomic mass is 16.3. The van der Waals surface area contributed by atoms with Crippen molar-refractivity contribution < 1.29 is 4.42 Å². The van der Waals surface area contributed by atoms with Crippen LogP contribution in [0.4, 0.5) is 0 Å². The standard InChI is InChI=1S/C24H20N4O2/c1-15-12-18(16(2)27(15)3)14-25-28-23(22-13-17-8-4-7-11-21(17)30-22)26-20-10-6-5-9-19(20)24(28)29/h4-14H,1-3H3. The van der Waals surface area contributed by atoms with Crippen LogP contribution in [0.15, 0.2) is 75.0 Å². The first-order chi connectivity index (χ1) is 14.5. The number of hydrogen-bond acceptors (Lipinski definition) is 4. The van der Waals surface area contributed by atoms with Crippen molar-refractivity contribution in [1.29, 1.82) is 0 Å². The van der Waals surface area contributed by atoms with Crippen molar-refractivity contribution in [2.24, 2.45) is 12.1 Å². The van der Waals surface area contributed by atoms with E-state index in [1.54, 1.807) is 12.3 Å². The van der Waals surface area contributed by atoms with Crippen LogP contribution in [0.2, 0.25) is 0 Å². The molecule has 0 aliphatic carbocycles. The van der Waals surface area contributed by atoms with E-state index in [4.69, 9.17) is 9.40 Å². The second-order valence-electron chi connectivity index (χ2n) is 7.35. The van der Waals surface area contributed by atoms with Crippen LogP contribution in [0, 0.1) is 13.8 Å². The molecule has 0 saturated carbocycles. The molecule has 0 saturated heterocycles. The van der Waals surface area contributed by atoms with E-state index in [0.717, 1.165) is 27.9 Å². The summed E-state index contributed by atoms with van der Waals surface area (Å²) in [4.78, 5) is 18.0. The summed E-state index contributed by atoms with van der Waals surface area (Å²) in [6.07, 6.45) is 1.70. The molecule has 0 aliphatic heterocycles. The molecule has 3 aromatic heterocycles. The lowest BCUT2D eigenvalue weighted by atomic mass is 10.2. The number of nitrogens with zero attached hydrogens (tertiary/aromatic N) is 4. The molecule has 0 spiro atoms. The summed E-state index contributed by atoms with van der Waals surface area (Å²) < 4.78 is 9.40. The summed E-state index contributed by atoms with van der Waals surface area (Å²) in [6.45, 7) is 4.06. The molecule has 2 aromatic carbocycles. The summed E-state index contributed by atoms with van der Waals surface area (Å²) in [5.41, 5.74) is 4.25. The van der Waals surface area contributed by atoms with Gasteiger partial charge in [-0.2, -0.15) is 9.78 Å². The van der Waals surface area contributed by atoms with Crippen LogP contribution in [-0.2, 0) is 7.05 Å². The summed E-state index contributed by atoms with van der Waals surface area (Å²) >= 11 is 0. The zero-order valence-electron chi connectivity index (χ0n) is 17.0. The number of aryl methyl sites for hydroxylation is 1. The van der Waals surface area contributed by atoms with Gasteiger partial charge in [0.2, 0.25) is 5.82 Å². The van der Waals surface area contributed by atoms with E-state index in [1.165, 1.54) is 4.68 Å². The zero-order valence-corrected chi connectivity index (χ0v) is 17.0. The average Bonchev–Trinajstić information content (AvgIpc) is 3.29. The number of hydrogen-bond donors (Lipinski definition) is 0. The monoisotopic (exact) mass is 396 g/mol. The minimum Gasteiger partial charge on any atom is -0.453 e. The van der Waals surface area contributed by atoms with Gasteiger partial charge in [0.1, 0.15) is 5.58 Å². The first-order valence-corrected chi connectivity index (χ1v) is 9.71. The molecule has 5 aromatic rings. The molecule has 6 heteroatoms. The van der Waals surface area contributed by atoms with Crippen LogP contribution >= 0.6 is 0 Å². The van der Waals surface area contributed by atoms with Gasteiger partial charge in [0.05, 0.1) is 17.1 Å². The second kappa shape index (κ2) is 6.84. The van der Waals surface area contributed by atoms with Gasteiger partial charge in [-0.3, -0.25) is 4.79 Å². The molecule has 0 bridgehead atoms. The van der Waals surface area contributed by atoms with Crippen molar-refractivity contribution in [2.75, 3.05) is 0 Å². The Morgan fingerprint density at radius 3 is 2.57 bits per heavy atom. The first-order valence-electron chi connectivity index (χ1n) is 9.71. The number of benzene rings is 2. The highest BCUT2D eigenvalue weighted by Crippen LogP contribution is 2.27. The highest BCUT2D eigenvalue weighted by molar-refractivity contribution is 5.85. The smallest absolute Gasteiger partial charge is 0.282 e. The Hall–Kier alpha value is -3.93. The number of aromatic nitrogens is 3. The molecule has 0 amide bonds. The Bertz CT molecular complexity index is 1470. The van der Waals surface area contributed by atoms with Gasteiger partial charge in [0.15, 0.2) is 5.76 Å². The Morgan fingerprint density at radius 2 is 1.80 bits per heavy atom. The van der Waals surface area contributed by atoms with E-state index >= 15 is 0 Å². The molecule has 148 valence electrons. The SMILES string of the molecule is Cc1cc(C=Nn2c(-c3cc4ccccc4o3)nc3ccccc3c2=O)c(C)n1C. The van der Waals surface area contributed by atoms with Gasteiger partial charge in [0, 0.05) is 29.4 Å². The second-order valence-corrected chi connectivity index (χ2v) is 7.35. The third-order valence-corrected chi connectivity index (χ3v) is 5.53. The Kier molecular flexibility index (Phi) is 4.13. The van der Waals surface area contributed by atoms with Gasteiger partial charge in [0.25, 0.3) is 5.56 Å². The third kappa shape index (κ3) is 2.85. The lowest BCUT2D eigenvalue weighted by molar-refractivity contribution is 0.616. The van der Waals surface area contributed by atoms with E-state index in [1.807, 2.05) is 75.5 Å². The van der Waals surface area contributed by atoms with Crippen molar-refractivity contribution >= 4 is 28.1 Å². The minimum atomic E-state index is -0.238. The lowest BCUT2D eigenvalue weighted by Crippen LogP contribution is -2.20. The quantitative estimate of drug-likeness (QED) is 0.417. The van der Waals surface area contributed by atoms with Crippen molar-refractivity contribution in [3.8, 4) is 11.6 Å². The van der Waals surface area contributed by atoms with E-state index in [-0.39, 0.29) is 5.56 Å². The van der Waals surface area contributed by atoms with Crippen molar-refractivity contribution in [1.82, 2.24) is 14.2 Å². The highest BCUT2D eigenvalue weighted by Gasteiger charge is 2.16. The van der Waals surface area contributed by atoms with Crippen LogP contribution in [-0.4, -0.2) is 20.4 Å². The largest absolute Gasteiger partial charge is 0.453 e. The molecule has 3 heterocycles. The van der Waals surface area contributed by atoms with E-state index in [0.29, 0.717) is 22.5 Å². The van der Waals surface area contributed by atoms with E-state index in [9.17, 15) is 4.79 Å². The van der Waals surface area contributed by atoms with Crippen molar-refractivity contribution in [2.45, 2.75) is 13.8 Å². The summed E-state index contributed by atoms with van der Waals surface area (Å²) in [6, 6.07) is 18.9. The molecule has 0 atom stereocenters. The molecule has 6 nitrogen and oxygen atoms in total. The van der Waals surface area contributed by atoms with Crippen LogP contribution in [0.1, 0.15) is 17.0 Å². The fourth-order valence-electron chi connectivity index (χ4n) is 3.62. The van der Waals surface area contributed by atoms with Crippen LogP contribution in [0.3, 0.4) is 0 Å². The minimum absolute atomic E-state index is 0.238. The molecular weight excluding hydrogens is 376 g/mol. The predicted molar refractivity (Wildman–Crippen MR) is 119 cm³/mol. The Morgan fingerprint density at radius 1 is 1.03 bits per heavy atom. The van der Waals surface area contributed by atoms with Crippen LogP contribution in [0.25, 0.3) is 33.5 Å². The number of rotatable bonds is 3. The lowest BCUT2D eigenvalue weighted by Gasteiger charge is -2.07. The number of para-hydroxylation sites is 2. The molecule has 0 N–H and O–H groups in total. The fraction of sp³-hybridized carbons (Fsp3) is 0.125. The van der Waals surface area contributed by atoms with Gasteiger partial charge >= 0.3 is 0 Å². The van der Waals surface area contributed by atoms with E-state index in [2.05, 4.69) is 9.67 Å². The molecular formula is C24H20N4O2. The molecule has 0 unspecified atom stereocenters. The molecule has 30 heavy (non-hydrogen) atoms. The maximum absolute atomic E-state index is 13.3. The summed E-state index contributed by atoms with van der Waals surface area (Å²) in [7, 11) is 2.01. The van der Waals surface area contributed by atoms with Gasteiger partial charge in [-0.25, -0.2) is 4.98 Å². The van der Waals surface area contributed by atoms with Gasteiger partial charge in [-0.05, 0) is 44.2 Å². The number of furan rings is 1. The predicted octanol–water partition coefficient (Wildman–Crippen LogP) is 4.65. The fourth-order valence-corrected chi connectivity index (χ4v) is 3.62. The number of fused-ring (bicyclic) bond motifs is 2. The molecule has 5 rings (SSSR count). The molecule has 0 fully saturated rings. The van der Waals surface area contributed by atoms with Crippen LogP contribution < -0.4 is 5.56 Å². The molecule has 0 radical (unpaired) electrons. The van der Waals surface area contributed by atoms with E-state index < -0.39 is 0 Å². The third-order valence-electron chi connectivity index (χ3n) is 5.53. The Labute approximate surface area is 172 Å². The summed E-state index contributed by atoms with van der Waals surface area (Å²) in [5.74, 6) is 0.869. The van der Waals surface area contributed by atoms with Crippen molar-refractivity contribution in [3.05, 3.63) is 88.0 Å². The van der Waals surface area contributed by atoms with Gasteiger partial charge in [-0.1, -0.05) is 30.3 Å². The normalized spacial score (nSPS) is 11.8. The van der Waals surface area contributed by atoms with Gasteiger partial charge < -0.3 is 8.98 Å². The van der Waals surface area contributed by atoms with Gasteiger partial charge in [-0.15, -0.1) is 0 Å². The molecule has 0 aliphatic rings. The first kappa shape index (κ1) is 18.1. The maximum atomic E-state index is 13.3.